The lowest BCUT2D eigenvalue weighted by Crippen LogP contribution is -2.47. The lowest BCUT2D eigenvalue weighted by atomic mass is 10.1. The summed E-state index contributed by atoms with van der Waals surface area (Å²) in [5.41, 5.74) is 1.93. The molecule has 0 atom stereocenters. The molecule has 3 aromatic rings. The van der Waals surface area contributed by atoms with Crippen molar-refractivity contribution in [3.05, 3.63) is 76.3 Å². The summed E-state index contributed by atoms with van der Waals surface area (Å²) in [7, 11) is 0. The van der Waals surface area contributed by atoms with E-state index in [2.05, 4.69) is 15.6 Å². The predicted octanol–water partition coefficient (Wildman–Crippen LogP) is 1.50. The molecule has 8 nitrogen and oxygen atoms in total. The number of hydrogen-bond donors (Lipinski definition) is 3. The summed E-state index contributed by atoms with van der Waals surface area (Å²) in [6.45, 7) is 2.02. The molecule has 1 aliphatic rings. The molecule has 0 unspecified atom stereocenters. The number of nitrogens with one attached hydrogen (secondary N) is 3. The summed E-state index contributed by atoms with van der Waals surface area (Å²) >= 11 is 0. The van der Waals surface area contributed by atoms with Crippen LogP contribution in [-0.2, 0) is 11.3 Å². The number of pyridine rings is 1. The van der Waals surface area contributed by atoms with Crippen LogP contribution in [0.25, 0.3) is 11.5 Å². The number of carbonyl (C=O) groups excluding carboxylic acids is 2. The van der Waals surface area contributed by atoms with Crippen LogP contribution in [0.2, 0.25) is 0 Å². The van der Waals surface area contributed by atoms with Gasteiger partial charge in [-0.2, -0.15) is 0 Å². The first-order chi connectivity index (χ1) is 14.1. The van der Waals surface area contributed by atoms with E-state index in [1.165, 1.54) is 12.3 Å². The molecule has 0 radical (unpaired) electrons. The third-order valence-corrected chi connectivity index (χ3v) is 4.73. The van der Waals surface area contributed by atoms with E-state index in [0.29, 0.717) is 31.1 Å². The van der Waals surface area contributed by atoms with Gasteiger partial charge < -0.3 is 24.9 Å². The lowest BCUT2D eigenvalue weighted by Gasteiger charge is -2.28. The van der Waals surface area contributed by atoms with Crippen LogP contribution in [0.4, 0.5) is 5.69 Å². The maximum absolute atomic E-state index is 12.4. The number of carbonyl (C=O) groups is 2. The summed E-state index contributed by atoms with van der Waals surface area (Å²) in [5, 5.41) is 5.55. The number of H-pyrrole nitrogens is 1. The number of aromatic amines is 1. The van der Waals surface area contributed by atoms with Gasteiger partial charge in [-0.1, -0.05) is 12.1 Å². The Bertz CT molecular complexity index is 1070. The van der Waals surface area contributed by atoms with Gasteiger partial charge in [0.2, 0.25) is 5.91 Å². The summed E-state index contributed by atoms with van der Waals surface area (Å²) < 4.78 is 5.24. The SMILES string of the molecule is O=C1CN(c2ccc(CNC(=O)c3ccc(-c4ccco4)[nH]c3=O)cc2)CCN1. The first kappa shape index (κ1) is 18.5. The molecule has 1 aliphatic heterocycles. The summed E-state index contributed by atoms with van der Waals surface area (Å²) in [4.78, 5) is 40.8. The van der Waals surface area contributed by atoms with Crippen molar-refractivity contribution in [1.29, 1.82) is 0 Å². The van der Waals surface area contributed by atoms with Gasteiger partial charge in [0.05, 0.1) is 18.5 Å². The number of aromatic nitrogens is 1. The average Bonchev–Trinajstić information content (AvgIpc) is 3.27. The molecule has 0 spiro atoms. The molecular weight excluding hydrogens is 372 g/mol. The number of nitrogens with zero attached hydrogens (tertiary/aromatic N) is 1. The van der Waals surface area contributed by atoms with Gasteiger partial charge in [0.25, 0.3) is 11.5 Å². The van der Waals surface area contributed by atoms with Crippen LogP contribution in [0.5, 0.6) is 0 Å². The summed E-state index contributed by atoms with van der Waals surface area (Å²) in [6, 6.07) is 14.2. The van der Waals surface area contributed by atoms with E-state index in [1.54, 1.807) is 18.2 Å². The van der Waals surface area contributed by atoms with E-state index in [1.807, 2.05) is 29.2 Å². The van der Waals surface area contributed by atoms with Crippen LogP contribution < -0.4 is 21.1 Å². The molecule has 1 fully saturated rings. The minimum Gasteiger partial charge on any atom is -0.463 e. The molecule has 0 bridgehead atoms. The van der Waals surface area contributed by atoms with Crippen LogP contribution in [0.15, 0.2) is 64.0 Å². The van der Waals surface area contributed by atoms with E-state index in [0.717, 1.165) is 17.8 Å². The first-order valence-corrected chi connectivity index (χ1v) is 9.26. The second-order valence-electron chi connectivity index (χ2n) is 6.71. The van der Waals surface area contributed by atoms with Crippen LogP contribution in [0, 0.1) is 0 Å². The van der Waals surface area contributed by atoms with Gasteiger partial charge in [0.1, 0.15) is 11.3 Å². The van der Waals surface area contributed by atoms with Crippen molar-refractivity contribution in [3.8, 4) is 11.5 Å². The number of piperazine rings is 1. The molecule has 1 aromatic carbocycles. The number of benzene rings is 1. The zero-order chi connectivity index (χ0) is 20.2. The van der Waals surface area contributed by atoms with E-state index >= 15 is 0 Å². The second kappa shape index (κ2) is 8.05. The Morgan fingerprint density at radius 3 is 2.62 bits per heavy atom. The number of anilines is 1. The molecule has 29 heavy (non-hydrogen) atoms. The third-order valence-electron chi connectivity index (χ3n) is 4.73. The Labute approximate surface area is 166 Å². The highest BCUT2D eigenvalue weighted by Crippen LogP contribution is 2.17. The summed E-state index contributed by atoms with van der Waals surface area (Å²) in [5.74, 6) is 0.0882. The van der Waals surface area contributed by atoms with Crippen LogP contribution in [0.3, 0.4) is 0 Å². The normalized spacial score (nSPS) is 13.8. The van der Waals surface area contributed by atoms with Gasteiger partial charge in [-0.15, -0.1) is 0 Å². The van der Waals surface area contributed by atoms with Gasteiger partial charge in [-0.05, 0) is 42.0 Å². The van der Waals surface area contributed by atoms with E-state index in [9.17, 15) is 14.4 Å². The fourth-order valence-electron chi connectivity index (χ4n) is 3.19. The highest BCUT2D eigenvalue weighted by Gasteiger charge is 2.16. The molecule has 2 aromatic heterocycles. The largest absolute Gasteiger partial charge is 0.463 e. The van der Waals surface area contributed by atoms with E-state index < -0.39 is 11.5 Å². The highest BCUT2D eigenvalue weighted by atomic mass is 16.3. The fourth-order valence-corrected chi connectivity index (χ4v) is 3.19. The predicted molar refractivity (Wildman–Crippen MR) is 108 cm³/mol. The number of furan rings is 1. The quantitative estimate of drug-likeness (QED) is 0.610. The monoisotopic (exact) mass is 392 g/mol. The van der Waals surface area contributed by atoms with E-state index in [-0.39, 0.29) is 11.5 Å². The molecular formula is C21H20N4O4. The van der Waals surface area contributed by atoms with Gasteiger partial charge in [-0.3, -0.25) is 14.4 Å². The Morgan fingerprint density at radius 2 is 1.93 bits per heavy atom. The summed E-state index contributed by atoms with van der Waals surface area (Å²) in [6.07, 6.45) is 1.51. The van der Waals surface area contributed by atoms with Crippen LogP contribution in [0.1, 0.15) is 15.9 Å². The Morgan fingerprint density at radius 1 is 1.10 bits per heavy atom. The van der Waals surface area contributed by atoms with Crippen LogP contribution >= 0.6 is 0 Å². The zero-order valence-electron chi connectivity index (χ0n) is 15.6. The molecule has 148 valence electrons. The average molecular weight is 392 g/mol. The number of amides is 2. The molecule has 4 rings (SSSR count). The van der Waals surface area contributed by atoms with Crippen molar-refractivity contribution in [2.24, 2.45) is 0 Å². The third kappa shape index (κ3) is 4.21. The van der Waals surface area contributed by atoms with Gasteiger partial charge in [-0.25, -0.2) is 0 Å². The highest BCUT2D eigenvalue weighted by molar-refractivity contribution is 5.94. The van der Waals surface area contributed by atoms with Crippen LogP contribution in [-0.4, -0.2) is 36.4 Å². The van der Waals surface area contributed by atoms with Crippen molar-refractivity contribution in [3.63, 3.8) is 0 Å². The topological polar surface area (TPSA) is 107 Å². The van der Waals surface area contributed by atoms with Crippen molar-refractivity contribution < 1.29 is 14.0 Å². The lowest BCUT2D eigenvalue weighted by molar-refractivity contribution is -0.120. The maximum atomic E-state index is 12.4. The Balaban J connectivity index is 1.38. The minimum atomic E-state index is -0.477. The van der Waals surface area contributed by atoms with Crippen molar-refractivity contribution in [1.82, 2.24) is 15.6 Å². The van der Waals surface area contributed by atoms with E-state index in [4.69, 9.17) is 4.42 Å². The van der Waals surface area contributed by atoms with Crippen molar-refractivity contribution >= 4 is 17.5 Å². The minimum absolute atomic E-state index is 0.0101. The second-order valence-corrected chi connectivity index (χ2v) is 6.71. The number of rotatable bonds is 5. The van der Waals surface area contributed by atoms with Crippen molar-refractivity contribution in [2.45, 2.75) is 6.54 Å². The molecule has 2 amide bonds. The Kier molecular flexibility index (Phi) is 5.15. The maximum Gasteiger partial charge on any atom is 0.261 e. The fraction of sp³-hybridized carbons (Fsp3) is 0.190. The standard InChI is InChI=1S/C21H20N4O4/c26-19-13-25(10-9-22-19)15-5-3-14(4-6-15)12-23-20(27)16-7-8-17(24-21(16)28)18-2-1-11-29-18/h1-8,11H,9-10,12-13H2,(H,22,26)(H,23,27)(H,24,28). The zero-order valence-corrected chi connectivity index (χ0v) is 15.6. The Hall–Kier alpha value is -3.81. The molecule has 0 aliphatic carbocycles. The molecule has 3 heterocycles. The molecule has 8 heteroatoms. The van der Waals surface area contributed by atoms with Gasteiger partial charge >= 0.3 is 0 Å². The van der Waals surface area contributed by atoms with Crippen molar-refractivity contribution in [2.75, 3.05) is 24.5 Å². The smallest absolute Gasteiger partial charge is 0.261 e. The molecule has 0 saturated carbocycles. The molecule has 3 N–H and O–H groups in total. The molecule has 1 saturated heterocycles. The van der Waals surface area contributed by atoms with Gasteiger partial charge in [0.15, 0.2) is 0 Å². The first-order valence-electron chi connectivity index (χ1n) is 9.26. The van der Waals surface area contributed by atoms with Gasteiger partial charge in [0, 0.05) is 25.3 Å². The number of hydrogen-bond acceptors (Lipinski definition) is 5.